The van der Waals surface area contributed by atoms with Gasteiger partial charge < -0.3 is 4.57 Å². The van der Waals surface area contributed by atoms with Gasteiger partial charge in [-0.1, -0.05) is 20.8 Å². The molecule has 74 valence electrons. The fourth-order valence-corrected chi connectivity index (χ4v) is 1.51. The first-order valence-corrected chi connectivity index (χ1v) is 5.19. The summed E-state index contributed by atoms with van der Waals surface area (Å²) in [5.41, 5.74) is 0. The van der Waals surface area contributed by atoms with E-state index in [4.69, 9.17) is 11.6 Å². The van der Waals surface area contributed by atoms with Gasteiger partial charge in [-0.15, -0.1) is 21.8 Å². The largest absolute Gasteiger partial charge is 0.314 e. The molecular formula is C9H16ClN3. The van der Waals surface area contributed by atoms with E-state index in [2.05, 4.69) is 35.5 Å². The molecule has 0 fully saturated rings. The van der Waals surface area contributed by atoms with E-state index in [1.165, 1.54) is 0 Å². The lowest BCUT2D eigenvalue weighted by Crippen LogP contribution is -2.10. The third-order valence-corrected chi connectivity index (χ3v) is 2.13. The predicted molar refractivity (Wildman–Crippen MR) is 53.8 cm³/mol. The summed E-state index contributed by atoms with van der Waals surface area (Å²) in [7, 11) is 0. The maximum Gasteiger partial charge on any atom is 0.147 e. The number of halogens is 1. The molecule has 1 aromatic heterocycles. The molecule has 1 rings (SSSR count). The Morgan fingerprint density at radius 3 is 2.38 bits per heavy atom. The molecular weight excluding hydrogens is 186 g/mol. The monoisotopic (exact) mass is 201 g/mol. The maximum atomic E-state index is 5.76. The Kier molecular flexibility index (Phi) is 3.72. The lowest BCUT2D eigenvalue weighted by Gasteiger charge is -2.10. The molecule has 0 spiro atoms. The van der Waals surface area contributed by atoms with Gasteiger partial charge in [0.05, 0.1) is 5.88 Å². The highest BCUT2D eigenvalue weighted by atomic mass is 35.5. The zero-order valence-electron chi connectivity index (χ0n) is 8.42. The van der Waals surface area contributed by atoms with E-state index in [0.29, 0.717) is 11.8 Å². The Hall–Kier alpha value is -0.570. The topological polar surface area (TPSA) is 30.7 Å². The zero-order valence-corrected chi connectivity index (χ0v) is 9.17. The van der Waals surface area contributed by atoms with Gasteiger partial charge in [0, 0.05) is 13.0 Å². The number of aromatic nitrogens is 3. The Morgan fingerprint density at radius 1 is 1.31 bits per heavy atom. The molecule has 0 aliphatic carbocycles. The van der Waals surface area contributed by atoms with Gasteiger partial charge >= 0.3 is 0 Å². The molecule has 3 nitrogen and oxygen atoms in total. The van der Waals surface area contributed by atoms with Crippen LogP contribution >= 0.6 is 11.6 Å². The summed E-state index contributed by atoms with van der Waals surface area (Å²) in [5.74, 6) is 2.96. The number of hydrogen-bond donors (Lipinski definition) is 0. The third-order valence-electron chi connectivity index (χ3n) is 1.89. The normalized spacial score (nSPS) is 11.2. The summed E-state index contributed by atoms with van der Waals surface area (Å²) in [6.45, 7) is 7.39. The molecule has 1 heterocycles. The van der Waals surface area contributed by atoms with Crippen LogP contribution in [0.15, 0.2) is 0 Å². The van der Waals surface area contributed by atoms with Crippen LogP contribution in [0.5, 0.6) is 0 Å². The molecule has 0 aromatic carbocycles. The summed E-state index contributed by atoms with van der Waals surface area (Å²) in [5, 5.41) is 8.13. The Labute approximate surface area is 84.1 Å². The van der Waals surface area contributed by atoms with E-state index in [0.717, 1.165) is 24.6 Å². The fourth-order valence-electron chi connectivity index (χ4n) is 1.31. The molecule has 0 unspecified atom stereocenters. The third kappa shape index (κ3) is 2.44. The second kappa shape index (κ2) is 4.61. The fraction of sp³-hybridized carbons (Fsp3) is 0.778. The number of nitrogens with zero attached hydrogens (tertiary/aromatic N) is 3. The van der Waals surface area contributed by atoms with Gasteiger partial charge in [0.1, 0.15) is 11.6 Å². The highest BCUT2D eigenvalue weighted by Gasteiger charge is 2.10. The first kappa shape index (κ1) is 10.5. The quantitative estimate of drug-likeness (QED) is 0.700. The summed E-state index contributed by atoms with van der Waals surface area (Å²) in [6.07, 6.45) is 0.913. The summed E-state index contributed by atoms with van der Waals surface area (Å²) < 4.78 is 2.12. The van der Waals surface area contributed by atoms with Crippen molar-refractivity contribution in [1.29, 1.82) is 0 Å². The summed E-state index contributed by atoms with van der Waals surface area (Å²) in [6, 6.07) is 0. The van der Waals surface area contributed by atoms with Gasteiger partial charge in [-0.05, 0) is 5.92 Å². The van der Waals surface area contributed by atoms with Crippen LogP contribution in [0.4, 0.5) is 0 Å². The number of hydrogen-bond acceptors (Lipinski definition) is 2. The van der Waals surface area contributed by atoms with Crippen LogP contribution in [0.3, 0.4) is 0 Å². The van der Waals surface area contributed by atoms with Crippen LogP contribution in [0.1, 0.15) is 32.4 Å². The molecule has 0 saturated carbocycles. The minimum atomic E-state index is 0.444. The van der Waals surface area contributed by atoms with Crippen molar-refractivity contribution in [3.05, 3.63) is 11.6 Å². The van der Waals surface area contributed by atoms with Crippen molar-refractivity contribution in [2.75, 3.05) is 0 Å². The van der Waals surface area contributed by atoms with E-state index >= 15 is 0 Å². The Morgan fingerprint density at radius 2 is 1.92 bits per heavy atom. The number of rotatable bonds is 4. The van der Waals surface area contributed by atoms with E-state index in [9.17, 15) is 0 Å². The standard InChI is InChI=1S/C9H16ClN3/c1-4-8-11-12-9(5-10)13(8)6-7(2)3/h7H,4-6H2,1-3H3. The molecule has 0 atom stereocenters. The van der Waals surface area contributed by atoms with E-state index in [1.807, 2.05) is 0 Å². The second-order valence-electron chi connectivity index (χ2n) is 3.52. The molecule has 13 heavy (non-hydrogen) atoms. The van der Waals surface area contributed by atoms with Gasteiger partial charge in [-0.2, -0.15) is 0 Å². The average Bonchev–Trinajstić information content (AvgIpc) is 2.46. The first-order chi connectivity index (χ1) is 6.19. The molecule has 4 heteroatoms. The van der Waals surface area contributed by atoms with Gasteiger partial charge in [0.2, 0.25) is 0 Å². The van der Waals surface area contributed by atoms with Crippen molar-refractivity contribution in [3.8, 4) is 0 Å². The lowest BCUT2D eigenvalue weighted by molar-refractivity contribution is 0.498. The predicted octanol–water partition coefficient (Wildman–Crippen LogP) is 2.24. The zero-order chi connectivity index (χ0) is 9.84. The molecule has 0 N–H and O–H groups in total. The molecule has 0 amide bonds. The summed E-state index contributed by atoms with van der Waals surface area (Å²) >= 11 is 5.76. The van der Waals surface area contributed by atoms with Crippen molar-refractivity contribution in [2.24, 2.45) is 5.92 Å². The smallest absolute Gasteiger partial charge is 0.147 e. The van der Waals surface area contributed by atoms with Crippen LogP contribution in [0.25, 0.3) is 0 Å². The van der Waals surface area contributed by atoms with Gasteiger partial charge in [0.25, 0.3) is 0 Å². The molecule has 1 aromatic rings. The van der Waals surface area contributed by atoms with Crippen LogP contribution < -0.4 is 0 Å². The van der Waals surface area contributed by atoms with Crippen LogP contribution in [0, 0.1) is 5.92 Å². The van der Waals surface area contributed by atoms with Gasteiger partial charge in [0.15, 0.2) is 0 Å². The number of aryl methyl sites for hydroxylation is 1. The minimum Gasteiger partial charge on any atom is -0.314 e. The second-order valence-corrected chi connectivity index (χ2v) is 3.79. The van der Waals surface area contributed by atoms with Crippen molar-refractivity contribution < 1.29 is 0 Å². The SMILES string of the molecule is CCc1nnc(CCl)n1CC(C)C. The molecule has 0 aliphatic heterocycles. The lowest BCUT2D eigenvalue weighted by atomic mass is 10.2. The maximum absolute atomic E-state index is 5.76. The average molecular weight is 202 g/mol. The van der Waals surface area contributed by atoms with Gasteiger partial charge in [-0.3, -0.25) is 0 Å². The Balaban J connectivity index is 2.91. The van der Waals surface area contributed by atoms with Crippen molar-refractivity contribution in [3.63, 3.8) is 0 Å². The van der Waals surface area contributed by atoms with Crippen LogP contribution in [-0.4, -0.2) is 14.8 Å². The van der Waals surface area contributed by atoms with E-state index in [-0.39, 0.29) is 0 Å². The first-order valence-electron chi connectivity index (χ1n) is 4.66. The molecule has 0 aliphatic rings. The van der Waals surface area contributed by atoms with Crippen molar-refractivity contribution >= 4 is 11.6 Å². The minimum absolute atomic E-state index is 0.444. The molecule has 0 saturated heterocycles. The highest BCUT2D eigenvalue weighted by Crippen LogP contribution is 2.09. The van der Waals surface area contributed by atoms with E-state index < -0.39 is 0 Å². The summed E-state index contributed by atoms with van der Waals surface area (Å²) in [4.78, 5) is 0. The molecule has 0 radical (unpaired) electrons. The van der Waals surface area contributed by atoms with Gasteiger partial charge in [-0.25, -0.2) is 0 Å². The Bertz CT molecular complexity index is 246. The molecule has 0 bridgehead atoms. The number of alkyl halides is 1. The van der Waals surface area contributed by atoms with E-state index in [1.54, 1.807) is 0 Å². The van der Waals surface area contributed by atoms with Crippen molar-refractivity contribution in [2.45, 2.75) is 39.6 Å². The van der Waals surface area contributed by atoms with Crippen LogP contribution in [0.2, 0.25) is 0 Å². The van der Waals surface area contributed by atoms with Crippen LogP contribution in [-0.2, 0) is 18.8 Å². The van der Waals surface area contributed by atoms with Crippen molar-refractivity contribution in [1.82, 2.24) is 14.8 Å². The highest BCUT2D eigenvalue weighted by molar-refractivity contribution is 6.16.